The van der Waals surface area contributed by atoms with Crippen LogP contribution in [-0.4, -0.2) is 12.6 Å². The molecule has 1 rings (SSSR count). The van der Waals surface area contributed by atoms with Crippen molar-refractivity contribution in [2.45, 2.75) is 59.9 Å². The van der Waals surface area contributed by atoms with Crippen molar-refractivity contribution in [2.75, 3.05) is 6.54 Å². The lowest BCUT2D eigenvalue weighted by Crippen LogP contribution is -2.34. The summed E-state index contributed by atoms with van der Waals surface area (Å²) in [5.74, 6) is 1.44. The first-order chi connectivity index (χ1) is 9.02. The van der Waals surface area contributed by atoms with E-state index in [-0.39, 0.29) is 0 Å². The van der Waals surface area contributed by atoms with Gasteiger partial charge in [-0.15, -0.1) is 0 Å². The van der Waals surface area contributed by atoms with Crippen molar-refractivity contribution in [1.29, 1.82) is 0 Å². The molecule has 0 spiro atoms. The quantitative estimate of drug-likeness (QED) is 0.729. The van der Waals surface area contributed by atoms with Crippen molar-refractivity contribution in [1.82, 2.24) is 5.32 Å². The van der Waals surface area contributed by atoms with Crippen LogP contribution in [0.3, 0.4) is 0 Å². The molecule has 19 heavy (non-hydrogen) atoms. The molecule has 1 unspecified atom stereocenters. The molecule has 0 amide bonds. The number of aryl methyl sites for hydroxylation is 1. The highest BCUT2D eigenvalue weighted by Gasteiger charge is 2.11. The van der Waals surface area contributed by atoms with Gasteiger partial charge in [-0.3, -0.25) is 0 Å². The van der Waals surface area contributed by atoms with Gasteiger partial charge >= 0.3 is 0 Å². The van der Waals surface area contributed by atoms with E-state index < -0.39 is 0 Å². The largest absolute Gasteiger partial charge is 0.314 e. The van der Waals surface area contributed by atoms with Crippen LogP contribution in [0, 0.1) is 11.8 Å². The first-order valence-electron chi connectivity index (χ1n) is 7.84. The molecule has 0 bridgehead atoms. The zero-order valence-corrected chi connectivity index (χ0v) is 13.4. The zero-order chi connectivity index (χ0) is 14.3. The lowest BCUT2D eigenvalue weighted by atomic mass is 9.94. The van der Waals surface area contributed by atoms with Gasteiger partial charge < -0.3 is 5.32 Å². The van der Waals surface area contributed by atoms with Crippen molar-refractivity contribution in [3.63, 3.8) is 0 Å². The Hall–Kier alpha value is -0.820. The predicted octanol–water partition coefficient (Wildman–Crippen LogP) is 4.45. The van der Waals surface area contributed by atoms with E-state index >= 15 is 0 Å². The molecular formula is C18H31N. The Morgan fingerprint density at radius 1 is 1.05 bits per heavy atom. The molecule has 1 nitrogen and oxygen atoms in total. The van der Waals surface area contributed by atoms with Crippen LogP contribution in [0.5, 0.6) is 0 Å². The molecule has 1 aromatic rings. The molecule has 0 heterocycles. The van der Waals surface area contributed by atoms with Gasteiger partial charge in [-0.25, -0.2) is 0 Å². The molecule has 0 saturated carbocycles. The molecule has 108 valence electrons. The normalized spacial score (nSPS) is 13.2. The number of nitrogens with one attached hydrogen (secondary N) is 1. The molecule has 0 aliphatic heterocycles. The van der Waals surface area contributed by atoms with Crippen molar-refractivity contribution in [2.24, 2.45) is 11.8 Å². The minimum Gasteiger partial charge on any atom is -0.314 e. The van der Waals surface area contributed by atoms with Gasteiger partial charge in [0.25, 0.3) is 0 Å². The van der Waals surface area contributed by atoms with Gasteiger partial charge in [-0.1, -0.05) is 58.9 Å². The van der Waals surface area contributed by atoms with Crippen LogP contribution < -0.4 is 5.32 Å². The van der Waals surface area contributed by atoms with E-state index in [0.29, 0.717) is 12.0 Å². The van der Waals surface area contributed by atoms with E-state index in [9.17, 15) is 0 Å². The molecule has 0 aliphatic rings. The van der Waals surface area contributed by atoms with Crippen LogP contribution in [-0.2, 0) is 12.8 Å². The average Bonchev–Trinajstić information content (AvgIpc) is 2.33. The van der Waals surface area contributed by atoms with Crippen LogP contribution in [0.15, 0.2) is 24.3 Å². The van der Waals surface area contributed by atoms with E-state index in [4.69, 9.17) is 0 Å². The van der Waals surface area contributed by atoms with Crippen LogP contribution in [0.1, 0.15) is 52.2 Å². The minimum absolute atomic E-state index is 0.638. The monoisotopic (exact) mass is 261 g/mol. The van der Waals surface area contributed by atoms with E-state index in [0.717, 1.165) is 12.5 Å². The number of hydrogen-bond donors (Lipinski definition) is 1. The van der Waals surface area contributed by atoms with Gasteiger partial charge in [0.1, 0.15) is 0 Å². The van der Waals surface area contributed by atoms with Gasteiger partial charge in [0.05, 0.1) is 0 Å². The van der Waals surface area contributed by atoms with Crippen molar-refractivity contribution < 1.29 is 0 Å². The van der Waals surface area contributed by atoms with Crippen molar-refractivity contribution in [3.05, 3.63) is 35.4 Å². The maximum atomic E-state index is 3.60. The topological polar surface area (TPSA) is 12.0 Å². The smallest absolute Gasteiger partial charge is 0.00931 e. The third-order valence-corrected chi connectivity index (χ3v) is 3.65. The number of benzene rings is 1. The first-order valence-corrected chi connectivity index (χ1v) is 7.84. The van der Waals surface area contributed by atoms with Gasteiger partial charge in [-0.2, -0.15) is 0 Å². The third-order valence-electron chi connectivity index (χ3n) is 3.65. The maximum Gasteiger partial charge on any atom is 0.00931 e. The molecule has 0 fully saturated rings. The lowest BCUT2D eigenvalue weighted by Gasteiger charge is -2.21. The molecule has 0 radical (unpaired) electrons. The molecule has 1 N–H and O–H groups in total. The van der Waals surface area contributed by atoms with Gasteiger partial charge in [0.15, 0.2) is 0 Å². The second-order valence-electron chi connectivity index (χ2n) is 6.36. The predicted molar refractivity (Wildman–Crippen MR) is 85.6 cm³/mol. The fraction of sp³-hybridized carbons (Fsp3) is 0.667. The highest BCUT2D eigenvalue weighted by atomic mass is 14.9. The van der Waals surface area contributed by atoms with Crippen molar-refractivity contribution >= 4 is 0 Å². The van der Waals surface area contributed by atoms with E-state index in [2.05, 4.69) is 64.2 Å². The fourth-order valence-corrected chi connectivity index (χ4v) is 2.64. The number of hydrogen-bond acceptors (Lipinski definition) is 1. The molecule has 0 aromatic heterocycles. The van der Waals surface area contributed by atoms with Crippen LogP contribution in [0.4, 0.5) is 0 Å². The van der Waals surface area contributed by atoms with Crippen LogP contribution in [0.2, 0.25) is 0 Å². The molecule has 0 aliphatic carbocycles. The maximum absolute atomic E-state index is 3.60. The summed E-state index contributed by atoms with van der Waals surface area (Å²) in [6.07, 6.45) is 3.60. The Morgan fingerprint density at radius 2 is 1.74 bits per heavy atom. The van der Waals surface area contributed by atoms with Crippen molar-refractivity contribution in [3.8, 4) is 0 Å². The van der Waals surface area contributed by atoms with Gasteiger partial charge in [-0.05, 0) is 48.8 Å². The molecule has 1 atom stereocenters. The first kappa shape index (κ1) is 16.2. The highest BCUT2D eigenvalue weighted by molar-refractivity contribution is 5.24. The SMILES string of the molecule is CCNC(CCc1cccc(CC(C)C)c1)C(C)C. The minimum atomic E-state index is 0.638. The second kappa shape index (κ2) is 8.37. The summed E-state index contributed by atoms with van der Waals surface area (Å²) >= 11 is 0. The molecule has 1 heteroatoms. The molecule has 1 aromatic carbocycles. The van der Waals surface area contributed by atoms with Crippen LogP contribution >= 0.6 is 0 Å². The Bertz CT molecular complexity index is 354. The summed E-state index contributed by atoms with van der Waals surface area (Å²) in [7, 11) is 0. The summed E-state index contributed by atoms with van der Waals surface area (Å²) in [6, 6.07) is 9.77. The summed E-state index contributed by atoms with van der Waals surface area (Å²) in [5.41, 5.74) is 2.97. The summed E-state index contributed by atoms with van der Waals surface area (Å²) in [6.45, 7) is 12.4. The van der Waals surface area contributed by atoms with Gasteiger partial charge in [0, 0.05) is 6.04 Å². The molecule has 0 saturated heterocycles. The van der Waals surface area contributed by atoms with Crippen LogP contribution in [0.25, 0.3) is 0 Å². The Kier molecular flexibility index (Phi) is 7.15. The van der Waals surface area contributed by atoms with E-state index in [1.165, 1.54) is 30.4 Å². The van der Waals surface area contributed by atoms with Gasteiger partial charge in [0.2, 0.25) is 0 Å². The second-order valence-corrected chi connectivity index (χ2v) is 6.36. The fourth-order valence-electron chi connectivity index (χ4n) is 2.64. The number of rotatable bonds is 8. The highest BCUT2D eigenvalue weighted by Crippen LogP contribution is 2.15. The summed E-state index contributed by atoms with van der Waals surface area (Å²) in [4.78, 5) is 0. The Morgan fingerprint density at radius 3 is 2.32 bits per heavy atom. The lowest BCUT2D eigenvalue weighted by molar-refractivity contribution is 0.385. The Labute approximate surface area is 119 Å². The Balaban J connectivity index is 2.56. The third kappa shape index (κ3) is 6.24. The van der Waals surface area contributed by atoms with E-state index in [1.807, 2.05) is 0 Å². The summed E-state index contributed by atoms with van der Waals surface area (Å²) in [5, 5.41) is 3.60. The zero-order valence-electron chi connectivity index (χ0n) is 13.4. The summed E-state index contributed by atoms with van der Waals surface area (Å²) < 4.78 is 0. The van der Waals surface area contributed by atoms with E-state index in [1.54, 1.807) is 0 Å². The standard InChI is InChI=1S/C18H31N/c1-6-19-18(15(4)5)11-10-16-8-7-9-17(13-16)12-14(2)3/h7-9,13-15,18-19H,6,10-12H2,1-5H3. The average molecular weight is 261 g/mol. The molecular weight excluding hydrogens is 230 g/mol.